The summed E-state index contributed by atoms with van der Waals surface area (Å²) in [5.41, 5.74) is 5.17. The lowest BCUT2D eigenvalue weighted by Crippen LogP contribution is -2.18. The fourth-order valence-electron chi connectivity index (χ4n) is 2.35. The average Bonchev–Trinajstić information content (AvgIpc) is 2.91. The Morgan fingerprint density at radius 3 is 2.33 bits per heavy atom. The third kappa shape index (κ3) is 4.22. The van der Waals surface area contributed by atoms with Crippen molar-refractivity contribution < 1.29 is 28.3 Å². The van der Waals surface area contributed by atoms with Gasteiger partial charge in [0, 0.05) is 6.20 Å². The minimum atomic E-state index is -0.902. The lowest BCUT2D eigenvalue weighted by Gasteiger charge is -2.10. The number of anilines is 2. The molecule has 0 spiro atoms. The van der Waals surface area contributed by atoms with Gasteiger partial charge in [0.15, 0.2) is 5.82 Å². The van der Waals surface area contributed by atoms with E-state index in [1.54, 1.807) is 20.8 Å². The maximum Gasteiger partial charge on any atom is 0.343 e. The molecule has 0 aliphatic heterocycles. The van der Waals surface area contributed by atoms with Crippen LogP contribution in [0.2, 0.25) is 0 Å². The molecule has 0 atom stereocenters. The number of rotatable bonds is 7. The van der Waals surface area contributed by atoms with Gasteiger partial charge in [-0.1, -0.05) is 0 Å². The zero-order valence-electron chi connectivity index (χ0n) is 15.4. The summed E-state index contributed by atoms with van der Waals surface area (Å²) in [5, 5.41) is 2.73. The van der Waals surface area contributed by atoms with Crippen LogP contribution in [0, 0.1) is 13.8 Å². The minimum Gasteiger partial charge on any atom is -0.462 e. The Kier molecular flexibility index (Phi) is 6.11. The molecule has 3 N–H and O–H groups in total. The highest BCUT2D eigenvalue weighted by Crippen LogP contribution is 2.30. The first-order valence-electron chi connectivity index (χ1n) is 8.18. The second-order valence-corrected chi connectivity index (χ2v) is 5.35. The van der Waals surface area contributed by atoms with E-state index in [2.05, 4.69) is 15.3 Å². The number of hydrogen-bond acceptors (Lipinski definition) is 9. The predicted octanol–water partition coefficient (Wildman–Crippen LogP) is 1.88. The number of carbonyl (C=O) groups is 3. The number of nitrogens with zero attached hydrogens (tertiary/aromatic N) is 2. The molecule has 0 aliphatic carbocycles. The maximum absolute atomic E-state index is 12.2. The number of carbonyl (C=O) groups excluding carboxylic acids is 3. The summed E-state index contributed by atoms with van der Waals surface area (Å²) in [4.78, 5) is 44.3. The Balaban J connectivity index is 2.54. The van der Waals surface area contributed by atoms with Crippen molar-refractivity contribution in [3.63, 3.8) is 0 Å². The zero-order valence-corrected chi connectivity index (χ0v) is 15.4. The van der Waals surface area contributed by atoms with Crippen molar-refractivity contribution in [2.75, 3.05) is 18.5 Å². The van der Waals surface area contributed by atoms with E-state index in [-0.39, 0.29) is 47.4 Å². The van der Waals surface area contributed by atoms with E-state index in [9.17, 15) is 14.4 Å². The summed E-state index contributed by atoms with van der Waals surface area (Å²) >= 11 is 0. The Hall–Kier alpha value is -3.43. The lowest BCUT2D eigenvalue weighted by molar-refractivity contribution is 0.0514. The zero-order chi connectivity index (χ0) is 20.1. The normalized spacial score (nSPS) is 10.4. The van der Waals surface area contributed by atoms with Gasteiger partial charge < -0.3 is 24.9 Å². The highest BCUT2D eigenvalue weighted by molar-refractivity contribution is 6.09. The molecule has 0 aliphatic rings. The van der Waals surface area contributed by atoms with Crippen molar-refractivity contribution in [2.24, 2.45) is 5.73 Å². The predicted molar refractivity (Wildman–Crippen MR) is 93.9 cm³/mol. The van der Waals surface area contributed by atoms with Crippen LogP contribution in [0.4, 0.5) is 11.7 Å². The minimum absolute atomic E-state index is 0.0320. The third-order valence-corrected chi connectivity index (χ3v) is 3.45. The number of aryl methyl sites for hydroxylation is 2. The molecule has 2 aromatic heterocycles. The first-order valence-corrected chi connectivity index (χ1v) is 8.18. The standard InChI is InChI=1S/C17H20N4O6/c1-5-25-16(23)10-7-19-9(4)20-14(10)21-15-12(13(18)22)11(8(3)27-15)17(24)26-6-2/h7H,5-6H2,1-4H3,(H2,18,22)(H,19,20,21). The fourth-order valence-corrected chi connectivity index (χ4v) is 2.35. The van der Waals surface area contributed by atoms with E-state index in [1.165, 1.54) is 13.1 Å². The summed E-state index contributed by atoms with van der Waals surface area (Å²) < 4.78 is 15.4. The number of amides is 1. The van der Waals surface area contributed by atoms with Crippen molar-refractivity contribution >= 4 is 29.5 Å². The van der Waals surface area contributed by atoms with Crippen molar-refractivity contribution in [3.8, 4) is 0 Å². The van der Waals surface area contributed by atoms with Crippen LogP contribution in [0.5, 0.6) is 0 Å². The number of nitrogens with one attached hydrogen (secondary N) is 1. The van der Waals surface area contributed by atoms with Gasteiger partial charge in [-0.3, -0.25) is 4.79 Å². The number of primary amides is 1. The molecule has 2 heterocycles. The number of nitrogens with two attached hydrogens (primary N) is 1. The molecule has 0 saturated carbocycles. The van der Waals surface area contributed by atoms with Crippen LogP contribution in [0.25, 0.3) is 0 Å². The van der Waals surface area contributed by atoms with Gasteiger partial charge in [0.05, 0.1) is 13.2 Å². The van der Waals surface area contributed by atoms with Crippen LogP contribution in [0.15, 0.2) is 10.6 Å². The molecule has 0 aromatic carbocycles. The van der Waals surface area contributed by atoms with Crippen molar-refractivity contribution in [3.05, 3.63) is 34.5 Å². The van der Waals surface area contributed by atoms with Gasteiger partial charge in [0.1, 0.15) is 28.3 Å². The van der Waals surface area contributed by atoms with Crippen molar-refractivity contribution in [1.82, 2.24) is 9.97 Å². The number of hydrogen-bond donors (Lipinski definition) is 2. The molecule has 2 aromatic rings. The number of furan rings is 1. The van der Waals surface area contributed by atoms with Gasteiger partial charge in [-0.05, 0) is 27.7 Å². The molecule has 0 saturated heterocycles. The molecule has 0 unspecified atom stereocenters. The van der Waals surface area contributed by atoms with Gasteiger partial charge in [0.25, 0.3) is 5.91 Å². The van der Waals surface area contributed by atoms with Crippen molar-refractivity contribution in [2.45, 2.75) is 27.7 Å². The molecule has 1 amide bonds. The Labute approximate surface area is 155 Å². The van der Waals surface area contributed by atoms with Crippen LogP contribution < -0.4 is 11.1 Å². The Morgan fingerprint density at radius 1 is 1.11 bits per heavy atom. The molecular formula is C17H20N4O6. The van der Waals surface area contributed by atoms with Gasteiger partial charge in [-0.15, -0.1) is 0 Å². The van der Waals surface area contributed by atoms with Crippen LogP contribution in [-0.4, -0.2) is 41.0 Å². The SMILES string of the molecule is CCOC(=O)c1cnc(C)nc1Nc1oc(C)c(C(=O)OCC)c1C(N)=O. The van der Waals surface area contributed by atoms with Crippen LogP contribution in [0.3, 0.4) is 0 Å². The Bertz CT molecular complexity index is 890. The van der Waals surface area contributed by atoms with Crippen LogP contribution in [-0.2, 0) is 9.47 Å². The van der Waals surface area contributed by atoms with Gasteiger partial charge >= 0.3 is 11.9 Å². The highest BCUT2D eigenvalue weighted by atomic mass is 16.5. The van der Waals surface area contributed by atoms with E-state index in [0.717, 1.165) is 0 Å². The summed E-state index contributed by atoms with van der Waals surface area (Å²) in [5.74, 6) is -1.90. The molecule has 10 heteroatoms. The molecule has 0 fully saturated rings. The molecule has 144 valence electrons. The van der Waals surface area contributed by atoms with Crippen LogP contribution >= 0.6 is 0 Å². The smallest absolute Gasteiger partial charge is 0.343 e. The molecular weight excluding hydrogens is 356 g/mol. The van der Waals surface area contributed by atoms with E-state index < -0.39 is 17.8 Å². The third-order valence-electron chi connectivity index (χ3n) is 3.45. The molecule has 27 heavy (non-hydrogen) atoms. The number of aromatic nitrogens is 2. The molecule has 10 nitrogen and oxygen atoms in total. The van der Waals surface area contributed by atoms with E-state index in [1.807, 2.05) is 0 Å². The second-order valence-electron chi connectivity index (χ2n) is 5.35. The first kappa shape index (κ1) is 19.9. The summed E-state index contributed by atoms with van der Waals surface area (Å²) in [6, 6.07) is 0. The van der Waals surface area contributed by atoms with Gasteiger partial charge in [-0.25, -0.2) is 19.6 Å². The quantitative estimate of drug-likeness (QED) is 0.691. The number of esters is 2. The second kappa shape index (κ2) is 8.30. The topological polar surface area (TPSA) is 147 Å². The molecule has 0 radical (unpaired) electrons. The average molecular weight is 376 g/mol. The monoisotopic (exact) mass is 376 g/mol. The molecule has 0 bridgehead atoms. The van der Waals surface area contributed by atoms with E-state index in [0.29, 0.717) is 5.82 Å². The van der Waals surface area contributed by atoms with Gasteiger partial charge in [-0.2, -0.15) is 0 Å². The summed E-state index contributed by atoms with van der Waals surface area (Å²) in [6.45, 7) is 6.67. The fraction of sp³-hybridized carbons (Fsp3) is 0.353. The maximum atomic E-state index is 12.2. The highest BCUT2D eigenvalue weighted by Gasteiger charge is 2.29. The summed E-state index contributed by atoms with van der Waals surface area (Å²) in [7, 11) is 0. The largest absolute Gasteiger partial charge is 0.462 e. The van der Waals surface area contributed by atoms with E-state index in [4.69, 9.17) is 19.6 Å². The van der Waals surface area contributed by atoms with Gasteiger partial charge in [0.2, 0.25) is 5.88 Å². The molecule has 2 rings (SSSR count). The summed E-state index contributed by atoms with van der Waals surface area (Å²) in [6.07, 6.45) is 1.29. The van der Waals surface area contributed by atoms with E-state index >= 15 is 0 Å². The first-order chi connectivity index (χ1) is 12.8. The number of ether oxygens (including phenoxy) is 2. The van der Waals surface area contributed by atoms with Crippen molar-refractivity contribution in [1.29, 1.82) is 0 Å². The Morgan fingerprint density at radius 2 is 1.74 bits per heavy atom. The lowest BCUT2D eigenvalue weighted by atomic mass is 10.1. The van der Waals surface area contributed by atoms with Crippen LogP contribution in [0.1, 0.15) is 56.5 Å².